The Balaban J connectivity index is 1.65. The van der Waals surface area contributed by atoms with E-state index in [9.17, 15) is 4.79 Å². The van der Waals surface area contributed by atoms with E-state index in [1.807, 2.05) is 23.1 Å². The molecule has 0 unspecified atom stereocenters. The minimum absolute atomic E-state index is 0.00194. The third-order valence-corrected chi connectivity index (χ3v) is 4.07. The summed E-state index contributed by atoms with van der Waals surface area (Å²) < 4.78 is 11.1. The Labute approximate surface area is 139 Å². The maximum atomic E-state index is 12.3. The molecule has 0 spiro atoms. The maximum Gasteiger partial charge on any atom is 0.317 e. The molecule has 23 heavy (non-hydrogen) atoms. The largest absolute Gasteiger partial charge is 0.380 e. The first-order valence-corrected chi connectivity index (χ1v) is 8.40. The van der Waals surface area contributed by atoms with E-state index in [-0.39, 0.29) is 18.0 Å². The fraction of sp³-hybridized carbons (Fsp3) is 0.611. The highest BCUT2D eigenvalue weighted by Crippen LogP contribution is 2.09. The lowest BCUT2D eigenvalue weighted by molar-refractivity contribution is 0.0913. The maximum absolute atomic E-state index is 12.3. The van der Waals surface area contributed by atoms with Crippen LogP contribution in [0.15, 0.2) is 30.3 Å². The summed E-state index contributed by atoms with van der Waals surface area (Å²) in [4.78, 5) is 14.1. The fourth-order valence-corrected chi connectivity index (χ4v) is 2.57. The number of hydrogen-bond donors (Lipinski definition) is 1. The number of urea groups is 1. The number of nitrogens with zero attached hydrogens (tertiary/aromatic N) is 1. The Hall–Kier alpha value is -1.59. The first kappa shape index (κ1) is 17.8. The van der Waals surface area contributed by atoms with E-state index in [1.54, 1.807) is 0 Å². The van der Waals surface area contributed by atoms with Crippen molar-refractivity contribution < 1.29 is 14.3 Å². The normalized spacial score (nSPS) is 19.9. The second-order valence-corrected chi connectivity index (χ2v) is 6.24. The van der Waals surface area contributed by atoms with Crippen molar-refractivity contribution in [2.75, 3.05) is 32.9 Å². The van der Waals surface area contributed by atoms with Gasteiger partial charge in [0.25, 0.3) is 0 Å². The zero-order chi connectivity index (χ0) is 16.5. The minimum Gasteiger partial charge on any atom is -0.380 e. The van der Waals surface area contributed by atoms with Gasteiger partial charge in [-0.15, -0.1) is 0 Å². The van der Waals surface area contributed by atoms with Crippen LogP contribution in [0.4, 0.5) is 4.79 Å². The van der Waals surface area contributed by atoms with Crippen molar-refractivity contribution in [2.45, 2.75) is 32.9 Å². The van der Waals surface area contributed by atoms with Gasteiger partial charge in [0, 0.05) is 25.7 Å². The van der Waals surface area contributed by atoms with E-state index in [4.69, 9.17) is 9.47 Å². The third kappa shape index (κ3) is 6.20. The van der Waals surface area contributed by atoms with Crippen LogP contribution < -0.4 is 5.32 Å². The number of hydrogen-bond acceptors (Lipinski definition) is 3. The van der Waals surface area contributed by atoms with Gasteiger partial charge in [0.15, 0.2) is 0 Å². The molecule has 5 nitrogen and oxygen atoms in total. The molecule has 1 aromatic carbocycles. The Morgan fingerprint density at radius 3 is 2.96 bits per heavy atom. The smallest absolute Gasteiger partial charge is 0.317 e. The first-order valence-electron chi connectivity index (χ1n) is 8.40. The molecule has 0 aromatic heterocycles. The molecule has 1 heterocycles. The summed E-state index contributed by atoms with van der Waals surface area (Å²) in [6.07, 6.45) is 0.892. The summed E-state index contributed by atoms with van der Waals surface area (Å²) in [6, 6.07) is 10.3. The number of nitrogens with one attached hydrogen (secondary N) is 1. The van der Waals surface area contributed by atoms with Crippen LogP contribution in [0.25, 0.3) is 0 Å². The average molecular weight is 320 g/mol. The molecule has 2 amide bonds. The van der Waals surface area contributed by atoms with Gasteiger partial charge in [-0.2, -0.15) is 0 Å². The zero-order valence-electron chi connectivity index (χ0n) is 14.2. The molecule has 0 radical (unpaired) electrons. The first-order chi connectivity index (χ1) is 11.2. The molecular weight excluding hydrogens is 292 g/mol. The summed E-state index contributed by atoms with van der Waals surface area (Å²) in [7, 11) is 0. The van der Waals surface area contributed by atoms with Crippen LogP contribution in [0, 0.1) is 5.92 Å². The fourth-order valence-electron chi connectivity index (χ4n) is 2.57. The number of ether oxygens (including phenoxy) is 2. The molecule has 5 heteroatoms. The van der Waals surface area contributed by atoms with Crippen LogP contribution in [-0.4, -0.2) is 49.9 Å². The molecule has 1 N–H and O–H groups in total. The molecule has 128 valence electrons. The summed E-state index contributed by atoms with van der Waals surface area (Å²) >= 11 is 0. The summed E-state index contributed by atoms with van der Waals surface area (Å²) in [5.41, 5.74) is 1.17. The van der Waals surface area contributed by atoms with Gasteiger partial charge >= 0.3 is 6.03 Å². The lowest BCUT2D eigenvalue weighted by Gasteiger charge is -2.27. The zero-order valence-corrected chi connectivity index (χ0v) is 14.2. The number of carbonyl (C=O) groups is 1. The van der Waals surface area contributed by atoms with Gasteiger partial charge in [0.05, 0.1) is 19.8 Å². The van der Waals surface area contributed by atoms with Gasteiger partial charge in [-0.1, -0.05) is 37.3 Å². The molecule has 1 aliphatic heterocycles. The van der Waals surface area contributed by atoms with Crippen LogP contribution >= 0.6 is 0 Å². The summed E-state index contributed by atoms with van der Waals surface area (Å²) in [6.45, 7) is 8.03. The van der Waals surface area contributed by atoms with E-state index in [0.717, 1.165) is 13.0 Å². The quantitative estimate of drug-likeness (QED) is 0.877. The van der Waals surface area contributed by atoms with E-state index >= 15 is 0 Å². The van der Waals surface area contributed by atoms with Crippen molar-refractivity contribution in [3.05, 3.63) is 35.9 Å². The third-order valence-electron chi connectivity index (χ3n) is 4.07. The SMILES string of the molecule is C[C@@H](CNC(=O)N1CCOCC[C@H]1C)COCc1ccccc1. The average Bonchev–Trinajstić information content (AvgIpc) is 2.78. The molecule has 1 fully saturated rings. The monoisotopic (exact) mass is 320 g/mol. The number of amides is 2. The van der Waals surface area contributed by atoms with E-state index in [0.29, 0.717) is 32.9 Å². The van der Waals surface area contributed by atoms with E-state index < -0.39 is 0 Å². The Morgan fingerprint density at radius 2 is 2.17 bits per heavy atom. The van der Waals surface area contributed by atoms with Gasteiger partial charge in [0.1, 0.15) is 0 Å². The second-order valence-electron chi connectivity index (χ2n) is 6.24. The highest BCUT2D eigenvalue weighted by atomic mass is 16.5. The van der Waals surface area contributed by atoms with Crippen LogP contribution in [-0.2, 0) is 16.1 Å². The van der Waals surface area contributed by atoms with Gasteiger partial charge in [0.2, 0.25) is 0 Å². The van der Waals surface area contributed by atoms with Crippen LogP contribution in [0.3, 0.4) is 0 Å². The number of rotatable bonds is 6. The summed E-state index contributed by atoms with van der Waals surface area (Å²) in [5.74, 6) is 0.279. The van der Waals surface area contributed by atoms with Gasteiger partial charge < -0.3 is 19.7 Å². The van der Waals surface area contributed by atoms with Crippen molar-refractivity contribution in [1.29, 1.82) is 0 Å². The van der Waals surface area contributed by atoms with Crippen LogP contribution in [0.2, 0.25) is 0 Å². The molecule has 0 saturated carbocycles. The molecule has 2 rings (SSSR count). The Bertz CT molecular complexity index is 467. The predicted octanol–water partition coefficient (Wildman–Crippen LogP) is 2.66. The highest BCUT2D eigenvalue weighted by molar-refractivity contribution is 5.74. The molecular formula is C18H28N2O3. The predicted molar refractivity (Wildman–Crippen MR) is 90.3 cm³/mol. The molecule has 1 saturated heterocycles. The standard InChI is InChI=1S/C18H28N2O3/c1-15(13-23-14-17-6-4-3-5-7-17)12-19-18(21)20-9-11-22-10-8-16(20)2/h3-7,15-16H,8-14H2,1-2H3,(H,19,21)/t15-,16+/m0/s1. The van der Waals surface area contributed by atoms with Crippen molar-refractivity contribution >= 4 is 6.03 Å². The topological polar surface area (TPSA) is 50.8 Å². The van der Waals surface area contributed by atoms with Crippen molar-refractivity contribution in [3.8, 4) is 0 Å². The Kier molecular flexibility index (Phi) is 7.36. The van der Waals surface area contributed by atoms with Crippen molar-refractivity contribution in [2.24, 2.45) is 5.92 Å². The van der Waals surface area contributed by atoms with Crippen molar-refractivity contribution in [3.63, 3.8) is 0 Å². The molecule has 2 atom stereocenters. The molecule has 0 aliphatic carbocycles. The van der Waals surface area contributed by atoms with Crippen molar-refractivity contribution in [1.82, 2.24) is 10.2 Å². The van der Waals surface area contributed by atoms with Crippen LogP contribution in [0.1, 0.15) is 25.8 Å². The van der Waals surface area contributed by atoms with Crippen LogP contribution in [0.5, 0.6) is 0 Å². The van der Waals surface area contributed by atoms with E-state index in [1.165, 1.54) is 5.56 Å². The van der Waals surface area contributed by atoms with Gasteiger partial charge in [-0.3, -0.25) is 0 Å². The summed E-state index contributed by atoms with van der Waals surface area (Å²) in [5, 5.41) is 3.01. The van der Waals surface area contributed by atoms with E-state index in [2.05, 4.69) is 31.3 Å². The lowest BCUT2D eigenvalue weighted by Crippen LogP contribution is -2.46. The number of benzene rings is 1. The number of carbonyl (C=O) groups excluding carboxylic acids is 1. The lowest BCUT2D eigenvalue weighted by atomic mass is 10.2. The van der Waals surface area contributed by atoms with Gasteiger partial charge in [-0.05, 0) is 24.8 Å². The minimum atomic E-state index is -0.00194. The second kappa shape index (κ2) is 9.53. The molecule has 0 bridgehead atoms. The highest BCUT2D eigenvalue weighted by Gasteiger charge is 2.22. The molecule has 1 aromatic rings. The molecule has 1 aliphatic rings. The Morgan fingerprint density at radius 1 is 1.39 bits per heavy atom. The van der Waals surface area contributed by atoms with Gasteiger partial charge in [-0.25, -0.2) is 4.79 Å².